The second kappa shape index (κ2) is 5.58. The number of hydrogen-bond acceptors (Lipinski definition) is 4. The second-order valence-corrected chi connectivity index (χ2v) is 8.40. The zero-order valence-corrected chi connectivity index (χ0v) is 14.3. The molecule has 5 fully saturated rings. The minimum atomic E-state index is -0.0988. The Labute approximate surface area is 142 Å². The van der Waals surface area contributed by atoms with E-state index < -0.39 is 0 Å². The van der Waals surface area contributed by atoms with Gasteiger partial charge >= 0.3 is 0 Å². The fourth-order valence-corrected chi connectivity index (χ4v) is 6.26. The number of aromatic nitrogens is 1. The summed E-state index contributed by atoms with van der Waals surface area (Å²) < 4.78 is 11.2. The average Bonchev–Trinajstić information content (AvgIpc) is 3.24. The van der Waals surface area contributed by atoms with Gasteiger partial charge < -0.3 is 14.1 Å². The molecule has 1 amide bonds. The van der Waals surface area contributed by atoms with E-state index in [1.807, 2.05) is 11.9 Å². The first-order chi connectivity index (χ1) is 11.7. The van der Waals surface area contributed by atoms with Gasteiger partial charge in [-0.1, -0.05) is 0 Å². The molecule has 5 heteroatoms. The highest BCUT2D eigenvalue weighted by Gasteiger charge is 2.50. The molecule has 4 saturated carbocycles. The van der Waals surface area contributed by atoms with E-state index in [-0.39, 0.29) is 12.0 Å². The molecule has 1 unspecified atom stereocenters. The number of carbonyl (C=O) groups is 1. The first kappa shape index (κ1) is 14.9. The quantitative estimate of drug-likeness (QED) is 0.852. The second-order valence-electron chi connectivity index (χ2n) is 8.40. The lowest BCUT2D eigenvalue weighted by atomic mass is 9.54. The van der Waals surface area contributed by atoms with Gasteiger partial charge in [0.1, 0.15) is 6.10 Å². The predicted molar refractivity (Wildman–Crippen MR) is 87.4 cm³/mol. The monoisotopic (exact) mass is 330 g/mol. The minimum absolute atomic E-state index is 0.0201. The van der Waals surface area contributed by atoms with E-state index in [4.69, 9.17) is 9.15 Å². The molecule has 0 aromatic carbocycles. The highest BCUT2D eigenvalue weighted by Crippen LogP contribution is 2.55. The van der Waals surface area contributed by atoms with Crippen molar-refractivity contribution in [3.05, 3.63) is 17.8 Å². The van der Waals surface area contributed by atoms with E-state index in [2.05, 4.69) is 4.98 Å². The van der Waals surface area contributed by atoms with Crippen molar-refractivity contribution < 1.29 is 13.9 Å². The number of hydrogen-bond donors (Lipinski definition) is 0. The van der Waals surface area contributed by atoms with E-state index in [9.17, 15) is 4.79 Å². The Morgan fingerprint density at radius 3 is 2.50 bits per heavy atom. The molecule has 0 radical (unpaired) electrons. The first-order valence-electron chi connectivity index (χ1n) is 9.53. The Morgan fingerprint density at radius 1 is 1.17 bits per heavy atom. The molecule has 5 aliphatic rings. The van der Waals surface area contributed by atoms with Crippen LogP contribution in [0.5, 0.6) is 0 Å². The van der Waals surface area contributed by atoms with Gasteiger partial charge in [0.25, 0.3) is 5.91 Å². The van der Waals surface area contributed by atoms with Gasteiger partial charge in [-0.05, 0) is 68.6 Å². The number of nitrogens with zero attached hydrogens (tertiary/aromatic N) is 2. The van der Waals surface area contributed by atoms with E-state index in [0.717, 1.165) is 31.3 Å². The molecule has 1 aromatic heterocycles. The molecule has 1 saturated heterocycles. The van der Waals surface area contributed by atoms with Gasteiger partial charge in [0.2, 0.25) is 0 Å². The van der Waals surface area contributed by atoms with Crippen molar-refractivity contribution in [3.63, 3.8) is 0 Å². The summed E-state index contributed by atoms with van der Waals surface area (Å²) in [6, 6.07) is 0.388. The van der Waals surface area contributed by atoms with Crippen molar-refractivity contribution >= 4 is 5.91 Å². The molecule has 0 spiro atoms. The summed E-state index contributed by atoms with van der Waals surface area (Å²) in [6.07, 6.45) is 9.91. The molecule has 1 atom stereocenters. The smallest absolute Gasteiger partial charge is 0.276 e. The van der Waals surface area contributed by atoms with Gasteiger partial charge in [0.05, 0.1) is 0 Å². The SMILES string of the molecule is CN(C(=O)c1ncoc1C1CCCO1)C1C2CC3CC(C2)CC1C3. The summed E-state index contributed by atoms with van der Waals surface area (Å²) in [6.45, 7) is 0.740. The van der Waals surface area contributed by atoms with Gasteiger partial charge in [-0.2, -0.15) is 0 Å². The van der Waals surface area contributed by atoms with Crippen LogP contribution in [0.3, 0.4) is 0 Å². The molecule has 1 aromatic rings. The van der Waals surface area contributed by atoms with Gasteiger partial charge in [0.15, 0.2) is 17.8 Å². The molecule has 4 bridgehead atoms. The molecule has 6 rings (SSSR count). The van der Waals surface area contributed by atoms with Crippen LogP contribution in [0.15, 0.2) is 10.8 Å². The highest BCUT2D eigenvalue weighted by molar-refractivity contribution is 5.93. The summed E-state index contributed by atoms with van der Waals surface area (Å²) in [5, 5.41) is 0. The molecule has 4 aliphatic carbocycles. The van der Waals surface area contributed by atoms with E-state index >= 15 is 0 Å². The molecular formula is C19H26N2O3. The number of carbonyl (C=O) groups excluding carboxylic acids is 1. The molecule has 5 nitrogen and oxygen atoms in total. The van der Waals surface area contributed by atoms with Gasteiger partial charge in [-0.25, -0.2) is 4.98 Å². The van der Waals surface area contributed by atoms with Crippen molar-refractivity contribution in [1.29, 1.82) is 0 Å². The molecular weight excluding hydrogens is 304 g/mol. The first-order valence-corrected chi connectivity index (χ1v) is 9.53. The van der Waals surface area contributed by atoms with Crippen LogP contribution in [0, 0.1) is 23.7 Å². The van der Waals surface area contributed by atoms with Crippen LogP contribution in [0.25, 0.3) is 0 Å². The van der Waals surface area contributed by atoms with Crippen LogP contribution in [0.2, 0.25) is 0 Å². The lowest BCUT2D eigenvalue weighted by Gasteiger charge is -2.56. The predicted octanol–water partition coefficient (Wildman–Crippen LogP) is 3.42. The van der Waals surface area contributed by atoms with Gasteiger partial charge in [-0.15, -0.1) is 0 Å². The molecule has 2 heterocycles. The number of ether oxygens (including phenoxy) is 1. The Bertz CT molecular complexity index is 606. The zero-order valence-electron chi connectivity index (χ0n) is 14.3. The maximum atomic E-state index is 13.2. The normalized spacial score (nSPS) is 40.2. The maximum Gasteiger partial charge on any atom is 0.276 e. The van der Waals surface area contributed by atoms with Crippen molar-refractivity contribution in [3.8, 4) is 0 Å². The fraction of sp³-hybridized carbons (Fsp3) is 0.789. The molecule has 1 aliphatic heterocycles. The Hall–Kier alpha value is -1.36. The van der Waals surface area contributed by atoms with Crippen molar-refractivity contribution in [2.24, 2.45) is 23.7 Å². The van der Waals surface area contributed by atoms with Crippen LogP contribution >= 0.6 is 0 Å². The lowest BCUT2D eigenvalue weighted by molar-refractivity contribution is -0.0493. The summed E-state index contributed by atoms with van der Waals surface area (Å²) in [4.78, 5) is 19.4. The van der Waals surface area contributed by atoms with Crippen molar-refractivity contribution in [2.45, 2.75) is 57.1 Å². The topological polar surface area (TPSA) is 55.6 Å². The molecule has 130 valence electrons. The van der Waals surface area contributed by atoms with Crippen LogP contribution in [-0.2, 0) is 4.74 Å². The number of rotatable bonds is 3. The summed E-state index contributed by atoms with van der Waals surface area (Å²) >= 11 is 0. The van der Waals surface area contributed by atoms with E-state index in [1.54, 1.807) is 0 Å². The standard InChI is InChI=1S/C19H26N2O3/c1-21(17-13-6-11-5-12(8-13)9-14(17)7-11)19(22)16-18(24-10-20-16)15-3-2-4-23-15/h10-15,17H,2-9H2,1H3. The average molecular weight is 330 g/mol. The third kappa shape index (κ3) is 2.24. The van der Waals surface area contributed by atoms with E-state index in [1.165, 1.54) is 38.5 Å². The van der Waals surface area contributed by atoms with Crippen LogP contribution in [-0.4, -0.2) is 35.5 Å². The Kier molecular flexibility index (Phi) is 3.47. The summed E-state index contributed by atoms with van der Waals surface area (Å²) in [5.41, 5.74) is 0.471. The lowest BCUT2D eigenvalue weighted by Crippen LogP contribution is -2.56. The minimum Gasteiger partial charge on any atom is -0.445 e. The van der Waals surface area contributed by atoms with Crippen molar-refractivity contribution in [1.82, 2.24) is 9.88 Å². The number of oxazole rings is 1. The van der Waals surface area contributed by atoms with Crippen LogP contribution in [0.4, 0.5) is 0 Å². The third-order valence-corrected chi connectivity index (χ3v) is 6.96. The zero-order chi connectivity index (χ0) is 16.3. The molecule has 24 heavy (non-hydrogen) atoms. The largest absolute Gasteiger partial charge is 0.445 e. The summed E-state index contributed by atoms with van der Waals surface area (Å²) in [7, 11) is 1.98. The third-order valence-electron chi connectivity index (χ3n) is 6.96. The summed E-state index contributed by atoms with van der Waals surface area (Å²) in [5.74, 6) is 3.87. The molecule has 0 N–H and O–H groups in total. The van der Waals surface area contributed by atoms with E-state index in [0.29, 0.717) is 29.3 Å². The van der Waals surface area contributed by atoms with Gasteiger partial charge in [-0.3, -0.25) is 4.79 Å². The van der Waals surface area contributed by atoms with Crippen LogP contribution < -0.4 is 0 Å². The maximum absolute atomic E-state index is 13.2. The highest BCUT2D eigenvalue weighted by atomic mass is 16.5. The number of amides is 1. The Morgan fingerprint density at radius 2 is 1.88 bits per heavy atom. The fourth-order valence-electron chi connectivity index (χ4n) is 6.26. The Balaban J connectivity index is 1.38. The van der Waals surface area contributed by atoms with Crippen LogP contribution in [0.1, 0.15) is 67.3 Å². The van der Waals surface area contributed by atoms with Gasteiger partial charge in [0, 0.05) is 19.7 Å². The van der Waals surface area contributed by atoms with Crippen molar-refractivity contribution in [2.75, 3.05) is 13.7 Å².